The van der Waals surface area contributed by atoms with E-state index in [1.54, 1.807) is 0 Å². The van der Waals surface area contributed by atoms with Crippen molar-refractivity contribution in [3.05, 3.63) is 28.8 Å². The minimum Gasteiger partial charge on any atom is -0.360 e. The van der Waals surface area contributed by atoms with Crippen molar-refractivity contribution in [1.29, 1.82) is 0 Å². The smallest absolute Gasteiger partial charge is 0.171 e. The highest BCUT2D eigenvalue weighted by Crippen LogP contribution is 2.31. The summed E-state index contributed by atoms with van der Waals surface area (Å²) >= 11 is 5.60. The summed E-state index contributed by atoms with van der Waals surface area (Å²) < 4.78 is 0. The van der Waals surface area contributed by atoms with E-state index in [4.69, 9.17) is 12.2 Å². The monoisotopic (exact) mass is 346 g/mol. The maximum atomic E-state index is 5.60. The molecule has 3 heteroatoms. The van der Waals surface area contributed by atoms with Crippen LogP contribution in [0.15, 0.2) is 12.1 Å². The van der Waals surface area contributed by atoms with Gasteiger partial charge in [0.25, 0.3) is 0 Å². The van der Waals surface area contributed by atoms with Crippen molar-refractivity contribution in [1.82, 2.24) is 5.32 Å². The summed E-state index contributed by atoms with van der Waals surface area (Å²) in [6.07, 6.45) is 9.63. The van der Waals surface area contributed by atoms with Crippen molar-refractivity contribution >= 4 is 23.0 Å². The molecular weight excluding hydrogens is 312 g/mol. The molecule has 0 atom stereocenters. The fourth-order valence-corrected chi connectivity index (χ4v) is 4.18. The number of hydrogen-bond acceptors (Lipinski definition) is 1. The molecule has 0 unspecified atom stereocenters. The minimum atomic E-state index is 0.559. The standard InChI is InChI=1S/C21H34N2S/c1-5-15(6-2)18-13-16(7-3)20(17(8-4)14-18)23-21(24)22-19-11-9-10-12-19/h13-15,19H,5-12H2,1-4H3,(H2,22,23,24). The molecule has 1 aromatic carbocycles. The predicted molar refractivity (Wildman–Crippen MR) is 110 cm³/mol. The molecule has 2 N–H and O–H groups in total. The zero-order valence-corrected chi connectivity index (χ0v) is 16.7. The largest absolute Gasteiger partial charge is 0.360 e. The molecule has 0 aliphatic heterocycles. The van der Waals surface area contributed by atoms with E-state index in [0.717, 1.165) is 18.0 Å². The summed E-state index contributed by atoms with van der Waals surface area (Å²) in [7, 11) is 0. The molecule has 0 aromatic heterocycles. The molecule has 1 aliphatic carbocycles. The number of aryl methyl sites for hydroxylation is 2. The van der Waals surface area contributed by atoms with Crippen LogP contribution in [-0.2, 0) is 12.8 Å². The molecule has 2 rings (SSSR count). The zero-order chi connectivity index (χ0) is 17.5. The average Bonchev–Trinajstić information content (AvgIpc) is 3.09. The summed E-state index contributed by atoms with van der Waals surface area (Å²) in [5.41, 5.74) is 5.53. The van der Waals surface area contributed by atoms with Crippen LogP contribution in [0, 0.1) is 0 Å². The van der Waals surface area contributed by atoms with E-state index in [0.29, 0.717) is 12.0 Å². The molecule has 134 valence electrons. The van der Waals surface area contributed by atoms with Crippen molar-refractivity contribution < 1.29 is 0 Å². The Balaban J connectivity index is 2.22. The van der Waals surface area contributed by atoms with Gasteiger partial charge in [0, 0.05) is 11.7 Å². The second kappa shape index (κ2) is 9.41. The van der Waals surface area contributed by atoms with E-state index in [-0.39, 0.29) is 0 Å². The Morgan fingerprint density at radius 2 is 1.58 bits per heavy atom. The van der Waals surface area contributed by atoms with Crippen molar-refractivity contribution in [2.45, 2.75) is 91.0 Å². The maximum absolute atomic E-state index is 5.60. The van der Waals surface area contributed by atoms with Gasteiger partial charge in [-0.1, -0.05) is 52.7 Å². The fourth-order valence-electron chi connectivity index (χ4n) is 3.91. The molecule has 2 nitrogen and oxygen atoms in total. The van der Waals surface area contributed by atoms with Crippen molar-refractivity contribution in [3.63, 3.8) is 0 Å². The molecule has 0 amide bonds. The van der Waals surface area contributed by atoms with Crippen LogP contribution in [0.4, 0.5) is 5.69 Å². The molecule has 0 saturated heterocycles. The first-order chi connectivity index (χ1) is 11.6. The average molecular weight is 347 g/mol. The van der Waals surface area contributed by atoms with Crippen LogP contribution >= 0.6 is 12.2 Å². The fraction of sp³-hybridized carbons (Fsp3) is 0.667. The first-order valence-electron chi connectivity index (χ1n) is 9.85. The third kappa shape index (κ3) is 4.72. The first kappa shape index (κ1) is 19.2. The van der Waals surface area contributed by atoms with Gasteiger partial charge in [0.15, 0.2) is 5.11 Å². The van der Waals surface area contributed by atoms with Gasteiger partial charge in [-0.3, -0.25) is 0 Å². The number of nitrogens with one attached hydrogen (secondary N) is 2. The highest BCUT2D eigenvalue weighted by Gasteiger charge is 2.18. The Hall–Kier alpha value is -1.09. The van der Waals surface area contributed by atoms with Crippen LogP contribution in [-0.4, -0.2) is 11.2 Å². The Morgan fingerprint density at radius 1 is 1.04 bits per heavy atom. The molecule has 0 heterocycles. The van der Waals surface area contributed by atoms with Crippen LogP contribution in [0.2, 0.25) is 0 Å². The Labute approximate surface area is 153 Å². The van der Waals surface area contributed by atoms with Gasteiger partial charge < -0.3 is 10.6 Å². The van der Waals surface area contributed by atoms with E-state index in [1.807, 2.05) is 0 Å². The molecule has 0 radical (unpaired) electrons. The SMILES string of the molecule is CCc1cc(C(CC)CC)cc(CC)c1NC(=S)NC1CCCC1. The van der Waals surface area contributed by atoms with Crippen molar-refractivity contribution in [3.8, 4) is 0 Å². The van der Waals surface area contributed by atoms with Gasteiger partial charge in [0.1, 0.15) is 0 Å². The number of rotatable bonds is 7. The van der Waals surface area contributed by atoms with E-state index in [9.17, 15) is 0 Å². The van der Waals surface area contributed by atoms with Gasteiger partial charge in [-0.2, -0.15) is 0 Å². The molecule has 0 spiro atoms. The van der Waals surface area contributed by atoms with Crippen molar-refractivity contribution in [2.24, 2.45) is 0 Å². The quantitative estimate of drug-likeness (QED) is 0.597. The van der Waals surface area contributed by atoms with Gasteiger partial charge in [0.05, 0.1) is 0 Å². The summed E-state index contributed by atoms with van der Waals surface area (Å²) in [5.74, 6) is 0.665. The number of benzene rings is 1. The van der Waals surface area contributed by atoms with Crippen LogP contribution < -0.4 is 10.6 Å². The van der Waals surface area contributed by atoms with Crippen LogP contribution in [0.5, 0.6) is 0 Å². The zero-order valence-electron chi connectivity index (χ0n) is 15.9. The maximum Gasteiger partial charge on any atom is 0.171 e. The van der Waals surface area contributed by atoms with E-state index in [1.165, 1.54) is 60.9 Å². The highest BCUT2D eigenvalue weighted by atomic mass is 32.1. The summed E-state index contributed by atoms with van der Waals surface area (Å²) in [4.78, 5) is 0. The number of thiocarbonyl (C=S) groups is 1. The van der Waals surface area contributed by atoms with Crippen LogP contribution in [0.25, 0.3) is 0 Å². The summed E-state index contributed by atoms with van der Waals surface area (Å²) in [6.45, 7) is 9.06. The van der Waals surface area contributed by atoms with Crippen LogP contribution in [0.1, 0.15) is 88.8 Å². The van der Waals surface area contributed by atoms with E-state index >= 15 is 0 Å². The Kier molecular flexibility index (Phi) is 7.54. The minimum absolute atomic E-state index is 0.559. The van der Waals surface area contributed by atoms with Gasteiger partial charge >= 0.3 is 0 Å². The van der Waals surface area contributed by atoms with Crippen LogP contribution in [0.3, 0.4) is 0 Å². The molecule has 1 fully saturated rings. The topological polar surface area (TPSA) is 24.1 Å². The highest BCUT2D eigenvalue weighted by molar-refractivity contribution is 7.80. The summed E-state index contributed by atoms with van der Waals surface area (Å²) in [5, 5.41) is 7.83. The third-order valence-electron chi connectivity index (χ3n) is 5.47. The Bertz CT molecular complexity index is 518. The molecule has 1 aliphatic rings. The predicted octanol–water partition coefficient (Wildman–Crippen LogP) is 5.94. The lowest BCUT2D eigenvalue weighted by atomic mass is 9.89. The lowest BCUT2D eigenvalue weighted by molar-refractivity contribution is 0.634. The number of hydrogen-bond donors (Lipinski definition) is 2. The normalized spacial score (nSPS) is 15.0. The molecule has 1 aromatic rings. The molecule has 0 bridgehead atoms. The molecule has 1 saturated carbocycles. The molecular formula is C21H34N2S. The van der Waals surface area contributed by atoms with E-state index in [2.05, 4.69) is 50.5 Å². The van der Waals surface area contributed by atoms with Gasteiger partial charge in [0.2, 0.25) is 0 Å². The lowest BCUT2D eigenvalue weighted by Gasteiger charge is -2.22. The summed E-state index contributed by atoms with van der Waals surface area (Å²) in [6, 6.07) is 5.36. The van der Waals surface area contributed by atoms with Gasteiger partial charge in [-0.05, 0) is 73.4 Å². The molecule has 24 heavy (non-hydrogen) atoms. The van der Waals surface area contributed by atoms with E-state index < -0.39 is 0 Å². The van der Waals surface area contributed by atoms with Gasteiger partial charge in [-0.25, -0.2) is 0 Å². The second-order valence-corrected chi connectivity index (χ2v) is 7.42. The Morgan fingerprint density at radius 3 is 2.04 bits per heavy atom. The van der Waals surface area contributed by atoms with Crippen molar-refractivity contribution in [2.75, 3.05) is 5.32 Å². The van der Waals surface area contributed by atoms with Gasteiger partial charge in [-0.15, -0.1) is 0 Å². The first-order valence-corrected chi connectivity index (χ1v) is 10.3. The number of anilines is 1. The lowest BCUT2D eigenvalue weighted by Crippen LogP contribution is -2.36. The third-order valence-corrected chi connectivity index (χ3v) is 5.69. The second-order valence-electron chi connectivity index (χ2n) is 7.01.